The van der Waals surface area contributed by atoms with Crippen LogP contribution in [0, 0.1) is 5.82 Å². The standard InChI is InChI=1S/C24H22FN3O5S2/c25-19-10-5-4-9-18(19)23(30)27-12-14-28(15-13-27)24(31)22(26-21(29)20-11-6-16-34-20)35(32,33)17-7-2-1-3-8-17/h1-11,16,22H,12-15H2,(H,26,29)/t22-/m0/s1. The molecule has 35 heavy (non-hydrogen) atoms. The van der Waals surface area contributed by atoms with Crippen LogP contribution in [-0.2, 0) is 14.6 Å². The van der Waals surface area contributed by atoms with Crippen molar-refractivity contribution in [3.63, 3.8) is 0 Å². The van der Waals surface area contributed by atoms with E-state index in [9.17, 15) is 27.2 Å². The SMILES string of the molecule is O=C(N[C@H](C(=O)N1CCN(C(=O)c2ccccc2F)CC1)S(=O)(=O)c1ccccc1)c1cccs1. The molecule has 4 rings (SSSR count). The van der Waals surface area contributed by atoms with Gasteiger partial charge in [0.2, 0.25) is 15.2 Å². The highest BCUT2D eigenvalue weighted by Gasteiger charge is 2.39. The van der Waals surface area contributed by atoms with E-state index in [0.29, 0.717) is 0 Å². The van der Waals surface area contributed by atoms with Crippen molar-refractivity contribution in [2.24, 2.45) is 0 Å². The second kappa shape index (κ2) is 10.4. The van der Waals surface area contributed by atoms with E-state index in [1.165, 1.54) is 58.3 Å². The van der Waals surface area contributed by atoms with Gasteiger partial charge in [-0.15, -0.1) is 11.3 Å². The third-order valence-corrected chi connectivity index (χ3v) is 8.33. The molecule has 0 saturated carbocycles. The third-order valence-electron chi connectivity index (χ3n) is 5.60. The van der Waals surface area contributed by atoms with Gasteiger partial charge >= 0.3 is 0 Å². The number of sulfone groups is 1. The maximum absolute atomic E-state index is 14.0. The Bertz CT molecular complexity index is 1320. The lowest BCUT2D eigenvalue weighted by atomic mass is 10.1. The second-order valence-electron chi connectivity index (χ2n) is 7.79. The lowest BCUT2D eigenvalue weighted by Gasteiger charge is -2.36. The molecule has 2 aromatic carbocycles. The van der Waals surface area contributed by atoms with Crippen LogP contribution in [0.1, 0.15) is 20.0 Å². The molecule has 1 saturated heterocycles. The van der Waals surface area contributed by atoms with Gasteiger partial charge in [-0.3, -0.25) is 14.4 Å². The zero-order valence-corrected chi connectivity index (χ0v) is 20.1. The third kappa shape index (κ3) is 5.25. The van der Waals surface area contributed by atoms with Crippen molar-refractivity contribution in [3.8, 4) is 0 Å². The second-order valence-corrected chi connectivity index (χ2v) is 10.8. The van der Waals surface area contributed by atoms with Crippen LogP contribution in [-0.4, -0.2) is 67.5 Å². The van der Waals surface area contributed by atoms with E-state index in [-0.39, 0.29) is 41.5 Å². The highest BCUT2D eigenvalue weighted by Crippen LogP contribution is 2.19. The summed E-state index contributed by atoms with van der Waals surface area (Å²) in [7, 11) is -4.26. The molecule has 1 aliphatic heterocycles. The first-order valence-electron chi connectivity index (χ1n) is 10.7. The fourth-order valence-corrected chi connectivity index (χ4v) is 5.83. The Morgan fingerprint density at radius 3 is 2.11 bits per heavy atom. The Morgan fingerprint density at radius 2 is 1.49 bits per heavy atom. The van der Waals surface area contributed by atoms with E-state index < -0.39 is 38.7 Å². The first-order valence-corrected chi connectivity index (χ1v) is 13.2. The predicted molar refractivity (Wildman–Crippen MR) is 128 cm³/mol. The number of piperazine rings is 1. The number of amides is 3. The van der Waals surface area contributed by atoms with E-state index in [1.54, 1.807) is 23.6 Å². The summed E-state index contributed by atoms with van der Waals surface area (Å²) in [6, 6.07) is 16.2. The number of nitrogens with zero attached hydrogens (tertiary/aromatic N) is 2. The average molecular weight is 516 g/mol. The van der Waals surface area contributed by atoms with Crippen LogP contribution in [0.5, 0.6) is 0 Å². The minimum atomic E-state index is -4.26. The van der Waals surface area contributed by atoms with Crippen molar-refractivity contribution in [2.45, 2.75) is 10.3 Å². The predicted octanol–water partition coefficient (Wildman–Crippen LogP) is 2.40. The van der Waals surface area contributed by atoms with Crippen LogP contribution in [0.15, 0.2) is 77.0 Å². The van der Waals surface area contributed by atoms with Crippen molar-refractivity contribution in [1.29, 1.82) is 0 Å². The molecule has 1 fully saturated rings. The molecule has 1 atom stereocenters. The molecule has 1 aromatic heterocycles. The smallest absolute Gasteiger partial charge is 0.262 e. The highest BCUT2D eigenvalue weighted by molar-refractivity contribution is 7.92. The summed E-state index contributed by atoms with van der Waals surface area (Å²) < 4.78 is 40.7. The van der Waals surface area contributed by atoms with Gasteiger partial charge in [-0.05, 0) is 35.7 Å². The zero-order valence-electron chi connectivity index (χ0n) is 18.5. The minimum Gasteiger partial charge on any atom is -0.336 e. The van der Waals surface area contributed by atoms with E-state index in [1.807, 2.05) is 0 Å². The number of hydrogen-bond donors (Lipinski definition) is 1. The number of thiophene rings is 1. The summed E-state index contributed by atoms with van der Waals surface area (Å²) in [6.45, 7) is 0.259. The van der Waals surface area contributed by atoms with Crippen LogP contribution >= 0.6 is 11.3 Å². The Morgan fingerprint density at radius 1 is 0.857 bits per heavy atom. The number of carbonyl (C=O) groups is 3. The Labute approximate surface area is 205 Å². The molecule has 0 bridgehead atoms. The normalized spacial score (nSPS) is 14.9. The molecule has 182 valence electrons. The average Bonchev–Trinajstić information content (AvgIpc) is 3.42. The number of halogens is 1. The lowest BCUT2D eigenvalue weighted by molar-refractivity contribution is -0.132. The monoisotopic (exact) mass is 515 g/mol. The van der Waals surface area contributed by atoms with Crippen molar-refractivity contribution in [2.75, 3.05) is 26.2 Å². The van der Waals surface area contributed by atoms with Crippen LogP contribution in [0.2, 0.25) is 0 Å². The van der Waals surface area contributed by atoms with Crippen molar-refractivity contribution in [1.82, 2.24) is 15.1 Å². The highest BCUT2D eigenvalue weighted by atomic mass is 32.2. The van der Waals surface area contributed by atoms with E-state index in [2.05, 4.69) is 5.32 Å². The topological polar surface area (TPSA) is 104 Å². The van der Waals surface area contributed by atoms with Gasteiger partial charge in [-0.25, -0.2) is 12.8 Å². The number of nitrogens with one attached hydrogen (secondary N) is 1. The van der Waals surface area contributed by atoms with Gasteiger partial charge in [0.05, 0.1) is 15.3 Å². The number of carbonyl (C=O) groups excluding carboxylic acids is 3. The zero-order chi connectivity index (χ0) is 25.0. The number of benzene rings is 2. The molecule has 3 aromatic rings. The van der Waals surface area contributed by atoms with Crippen molar-refractivity contribution in [3.05, 3.63) is 88.4 Å². The molecule has 1 N–H and O–H groups in total. The van der Waals surface area contributed by atoms with Crippen LogP contribution in [0.4, 0.5) is 4.39 Å². The largest absolute Gasteiger partial charge is 0.336 e. The summed E-state index contributed by atoms with van der Waals surface area (Å²) in [5, 5.41) is 2.22. The van der Waals surface area contributed by atoms with E-state index >= 15 is 0 Å². The molecule has 0 spiro atoms. The molecule has 11 heteroatoms. The summed E-state index contributed by atoms with van der Waals surface area (Å²) in [4.78, 5) is 41.6. The molecule has 3 amide bonds. The summed E-state index contributed by atoms with van der Waals surface area (Å²) in [5.74, 6) is -2.61. The summed E-state index contributed by atoms with van der Waals surface area (Å²) in [5.41, 5.74) is -0.0694. The van der Waals surface area contributed by atoms with Crippen LogP contribution in [0.3, 0.4) is 0 Å². The Hall–Kier alpha value is -3.57. The molecule has 2 heterocycles. The summed E-state index contributed by atoms with van der Waals surface area (Å²) in [6.07, 6.45) is 0. The van der Waals surface area contributed by atoms with Gasteiger partial charge in [0.25, 0.3) is 17.7 Å². The fourth-order valence-electron chi connectivity index (χ4n) is 3.72. The molecular formula is C24H22FN3O5S2. The fraction of sp³-hybridized carbons (Fsp3) is 0.208. The number of hydrogen-bond acceptors (Lipinski definition) is 6. The first-order chi connectivity index (χ1) is 16.8. The van der Waals surface area contributed by atoms with Gasteiger partial charge in [0.15, 0.2) is 0 Å². The van der Waals surface area contributed by atoms with Gasteiger partial charge in [-0.2, -0.15) is 0 Å². The van der Waals surface area contributed by atoms with Crippen LogP contribution < -0.4 is 5.32 Å². The lowest BCUT2D eigenvalue weighted by Crippen LogP contribution is -2.57. The quantitative estimate of drug-likeness (QED) is 0.543. The van der Waals surface area contributed by atoms with E-state index in [0.717, 1.165) is 11.3 Å². The van der Waals surface area contributed by atoms with Gasteiger partial charge in [0.1, 0.15) is 5.82 Å². The molecule has 1 aliphatic rings. The van der Waals surface area contributed by atoms with Gasteiger partial charge < -0.3 is 15.1 Å². The molecule has 8 nitrogen and oxygen atoms in total. The van der Waals surface area contributed by atoms with Gasteiger partial charge in [0, 0.05) is 26.2 Å². The Balaban J connectivity index is 1.53. The van der Waals surface area contributed by atoms with Crippen molar-refractivity contribution >= 4 is 38.9 Å². The first kappa shape index (κ1) is 24.6. The molecule has 0 unspecified atom stereocenters. The summed E-state index contributed by atoms with van der Waals surface area (Å²) >= 11 is 1.12. The van der Waals surface area contributed by atoms with Gasteiger partial charge in [-0.1, -0.05) is 36.4 Å². The molecule has 0 aliphatic carbocycles. The Kier molecular flexibility index (Phi) is 7.27. The maximum atomic E-state index is 14.0. The maximum Gasteiger partial charge on any atom is 0.262 e. The van der Waals surface area contributed by atoms with Crippen LogP contribution in [0.25, 0.3) is 0 Å². The van der Waals surface area contributed by atoms with E-state index in [4.69, 9.17) is 0 Å². The number of rotatable bonds is 6. The minimum absolute atomic E-state index is 0.0364. The van der Waals surface area contributed by atoms with Crippen molar-refractivity contribution < 1.29 is 27.2 Å². The molecular weight excluding hydrogens is 493 g/mol. The molecule has 0 radical (unpaired) electrons.